The summed E-state index contributed by atoms with van der Waals surface area (Å²) in [6, 6.07) is 15.8. The minimum Gasteiger partial charge on any atom is -0.382 e. The number of nitrogen functional groups attached to an aromatic ring is 1. The number of sulfone groups is 1. The predicted molar refractivity (Wildman–Crippen MR) is 141 cm³/mol. The van der Waals surface area contributed by atoms with Gasteiger partial charge in [-0.2, -0.15) is 0 Å². The van der Waals surface area contributed by atoms with Crippen LogP contribution in [0.4, 0.5) is 5.82 Å². The molecule has 0 aliphatic heterocycles. The first-order valence-corrected chi connectivity index (χ1v) is 12.3. The van der Waals surface area contributed by atoms with E-state index in [0.717, 1.165) is 11.1 Å². The number of rotatable bonds is 7. The van der Waals surface area contributed by atoms with E-state index in [1.807, 2.05) is 24.3 Å². The van der Waals surface area contributed by atoms with Crippen molar-refractivity contribution < 1.29 is 12.9 Å². The molecule has 188 valence electrons. The van der Waals surface area contributed by atoms with E-state index in [0.29, 0.717) is 35.0 Å². The molecule has 0 amide bonds. The monoisotopic (exact) mass is 527 g/mol. The van der Waals surface area contributed by atoms with Crippen molar-refractivity contribution in [2.24, 2.45) is 5.73 Å². The molecule has 0 saturated carbocycles. The van der Waals surface area contributed by atoms with Gasteiger partial charge in [-0.3, -0.25) is 5.41 Å². The van der Waals surface area contributed by atoms with Gasteiger partial charge in [0, 0.05) is 23.7 Å². The van der Waals surface area contributed by atoms with Gasteiger partial charge in [-0.25, -0.2) is 18.4 Å². The number of anilines is 1. The summed E-state index contributed by atoms with van der Waals surface area (Å²) in [6.07, 6.45) is 1.52. The molecule has 0 aliphatic rings. The lowest BCUT2D eigenvalue weighted by atomic mass is 10.1. The zero-order chi connectivity index (χ0) is 25.2. The molecule has 2 aromatic carbocycles. The molecular formula is C24H26ClN7O3S. The van der Waals surface area contributed by atoms with Crippen LogP contribution in [0.1, 0.15) is 19.4 Å². The molecule has 0 saturated heterocycles. The first-order valence-electron chi connectivity index (χ1n) is 10.8. The number of nitrogens with one attached hydrogen (secondary N) is 2. The van der Waals surface area contributed by atoms with Gasteiger partial charge < -0.3 is 21.3 Å². The Morgan fingerprint density at radius 1 is 1.06 bits per heavy atom. The van der Waals surface area contributed by atoms with E-state index in [-0.39, 0.29) is 29.1 Å². The van der Waals surface area contributed by atoms with E-state index in [2.05, 4.69) is 20.4 Å². The molecule has 6 N–H and O–H groups in total. The van der Waals surface area contributed by atoms with Crippen LogP contribution in [0, 0.1) is 5.41 Å². The van der Waals surface area contributed by atoms with Crippen molar-refractivity contribution in [2.45, 2.75) is 30.5 Å². The molecule has 0 atom stereocenters. The molecule has 0 aliphatic carbocycles. The normalized spacial score (nSPS) is 11.2. The molecule has 4 rings (SSSR count). The van der Waals surface area contributed by atoms with Gasteiger partial charge in [-0.1, -0.05) is 41.6 Å². The molecule has 0 unspecified atom stereocenters. The highest BCUT2D eigenvalue weighted by Gasteiger charge is 2.20. The topological polar surface area (TPSA) is 174 Å². The van der Waals surface area contributed by atoms with Gasteiger partial charge in [0.05, 0.1) is 22.0 Å². The quantitative estimate of drug-likeness (QED) is 0.206. The lowest BCUT2D eigenvalue weighted by molar-refractivity contribution is 0.434. The fourth-order valence-electron chi connectivity index (χ4n) is 3.32. The smallest absolute Gasteiger partial charge is 0.189 e. The Balaban J connectivity index is 0.00000361. The Morgan fingerprint density at radius 2 is 1.67 bits per heavy atom. The SMILES string of the molecule is CC(C)S(=O)(=O)c1ccc(-c2cnc(N)c(-c3cc(-c4ccc(CNC(=N)N)cc4)no3)n2)cc1.Cl. The number of aromatic nitrogens is 3. The summed E-state index contributed by atoms with van der Waals surface area (Å²) in [5.74, 6) is 0.446. The van der Waals surface area contributed by atoms with Crippen LogP contribution < -0.4 is 16.8 Å². The predicted octanol–water partition coefficient (Wildman–Crippen LogP) is 3.63. The number of guanidine groups is 1. The average molecular weight is 528 g/mol. The standard InChI is InChI=1S/C24H25N7O3S.ClH/c1-14(2)35(32,33)18-9-7-17(8-10-18)20-13-28-23(25)22(30-20)21-11-19(31-34-21)16-5-3-15(4-6-16)12-29-24(26)27;/h3-11,13-14H,12H2,1-2H3,(H2,25,28)(H4,26,27,29);1H. The molecule has 0 spiro atoms. The maximum atomic E-state index is 12.4. The van der Waals surface area contributed by atoms with Gasteiger partial charge in [0.1, 0.15) is 5.69 Å². The summed E-state index contributed by atoms with van der Waals surface area (Å²) in [5, 5.41) is 13.6. The molecule has 0 bridgehead atoms. The average Bonchev–Trinajstić information content (AvgIpc) is 3.33. The van der Waals surface area contributed by atoms with Crippen LogP contribution in [0.3, 0.4) is 0 Å². The van der Waals surface area contributed by atoms with Crippen LogP contribution >= 0.6 is 12.4 Å². The van der Waals surface area contributed by atoms with Gasteiger partial charge in [0.15, 0.2) is 33.1 Å². The molecule has 10 nitrogen and oxygen atoms in total. The number of hydrogen-bond donors (Lipinski definition) is 4. The first-order chi connectivity index (χ1) is 16.6. The third-order valence-corrected chi connectivity index (χ3v) is 7.55. The van der Waals surface area contributed by atoms with E-state index in [4.69, 9.17) is 21.4 Å². The Hall–Kier alpha value is -3.96. The van der Waals surface area contributed by atoms with Gasteiger partial charge >= 0.3 is 0 Å². The molecule has 2 aromatic heterocycles. The van der Waals surface area contributed by atoms with Gasteiger partial charge in [-0.15, -0.1) is 12.4 Å². The minimum absolute atomic E-state index is 0. The second-order valence-electron chi connectivity index (χ2n) is 8.15. The van der Waals surface area contributed by atoms with Crippen LogP contribution in [-0.4, -0.2) is 34.8 Å². The van der Waals surface area contributed by atoms with Gasteiger partial charge in [0.2, 0.25) is 0 Å². The van der Waals surface area contributed by atoms with Crippen LogP contribution in [0.2, 0.25) is 0 Å². The van der Waals surface area contributed by atoms with E-state index < -0.39 is 15.1 Å². The van der Waals surface area contributed by atoms with Crippen molar-refractivity contribution in [3.05, 3.63) is 66.4 Å². The Bertz CT molecular complexity index is 1470. The maximum Gasteiger partial charge on any atom is 0.189 e. The van der Waals surface area contributed by atoms with Crippen molar-refractivity contribution in [1.82, 2.24) is 20.4 Å². The zero-order valence-electron chi connectivity index (χ0n) is 19.6. The van der Waals surface area contributed by atoms with Crippen molar-refractivity contribution in [2.75, 3.05) is 5.73 Å². The lowest BCUT2D eigenvalue weighted by Crippen LogP contribution is -2.29. The number of hydrogen-bond acceptors (Lipinski definition) is 8. The molecule has 4 aromatic rings. The highest BCUT2D eigenvalue weighted by atomic mass is 35.5. The Morgan fingerprint density at radius 3 is 2.28 bits per heavy atom. The van der Waals surface area contributed by atoms with Gasteiger partial charge in [0.25, 0.3) is 0 Å². The lowest BCUT2D eigenvalue weighted by Gasteiger charge is -2.09. The van der Waals surface area contributed by atoms with Crippen LogP contribution in [-0.2, 0) is 16.4 Å². The summed E-state index contributed by atoms with van der Waals surface area (Å²) in [6.45, 7) is 3.74. The largest absolute Gasteiger partial charge is 0.382 e. The third-order valence-electron chi connectivity index (χ3n) is 5.38. The number of nitrogens with two attached hydrogens (primary N) is 2. The van der Waals surface area contributed by atoms with E-state index in [1.54, 1.807) is 44.2 Å². The molecule has 2 heterocycles. The minimum atomic E-state index is -3.37. The first kappa shape index (κ1) is 26.6. The zero-order valence-corrected chi connectivity index (χ0v) is 21.2. The summed E-state index contributed by atoms with van der Waals surface area (Å²) in [5.41, 5.74) is 15.3. The van der Waals surface area contributed by atoms with Crippen LogP contribution in [0.25, 0.3) is 34.0 Å². The number of halogens is 1. The summed E-state index contributed by atoms with van der Waals surface area (Å²) < 4.78 is 30.3. The fourth-order valence-corrected chi connectivity index (χ4v) is 4.38. The number of benzene rings is 2. The molecule has 0 radical (unpaired) electrons. The van der Waals surface area contributed by atoms with E-state index in [1.165, 1.54) is 6.20 Å². The van der Waals surface area contributed by atoms with Crippen molar-refractivity contribution in [3.8, 4) is 34.0 Å². The molecule has 36 heavy (non-hydrogen) atoms. The fraction of sp³-hybridized carbons (Fsp3) is 0.167. The molecule has 12 heteroatoms. The van der Waals surface area contributed by atoms with Crippen molar-refractivity contribution in [3.63, 3.8) is 0 Å². The van der Waals surface area contributed by atoms with Crippen LogP contribution in [0.15, 0.2) is 70.2 Å². The van der Waals surface area contributed by atoms with Crippen molar-refractivity contribution in [1.29, 1.82) is 5.41 Å². The highest BCUT2D eigenvalue weighted by molar-refractivity contribution is 7.92. The Kier molecular flexibility index (Phi) is 7.96. The summed E-state index contributed by atoms with van der Waals surface area (Å²) >= 11 is 0. The Labute approximate surface area is 215 Å². The summed E-state index contributed by atoms with van der Waals surface area (Å²) in [4.78, 5) is 9.08. The second kappa shape index (κ2) is 10.8. The molecule has 0 fully saturated rings. The van der Waals surface area contributed by atoms with Gasteiger partial charge in [-0.05, 0) is 31.5 Å². The van der Waals surface area contributed by atoms with E-state index >= 15 is 0 Å². The van der Waals surface area contributed by atoms with Crippen LogP contribution in [0.5, 0.6) is 0 Å². The summed E-state index contributed by atoms with van der Waals surface area (Å²) in [7, 11) is -3.37. The molecular weight excluding hydrogens is 502 g/mol. The number of nitrogens with zero attached hydrogens (tertiary/aromatic N) is 3. The maximum absolute atomic E-state index is 12.4. The third kappa shape index (κ3) is 5.64. The van der Waals surface area contributed by atoms with Crippen molar-refractivity contribution >= 4 is 34.0 Å². The second-order valence-corrected chi connectivity index (χ2v) is 10.7. The highest BCUT2D eigenvalue weighted by Crippen LogP contribution is 2.30. The van der Waals surface area contributed by atoms with E-state index in [9.17, 15) is 8.42 Å².